The van der Waals surface area contributed by atoms with Crippen LogP contribution in [0.25, 0.3) is 0 Å². The van der Waals surface area contributed by atoms with Gasteiger partial charge in [0.25, 0.3) is 0 Å². The van der Waals surface area contributed by atoms with Crippen molar-refractivity contribution in [3.63, 3.8) is 0 Å². The van der Waals surface area contributed by atoms with Crippen LogP contribution in [-0.4, -0.2) is 25.2 Å². The van der Waals surface area contributed by atoms with Crippen LogP contribution in [0.15, 0.2) is 0 Å². The fourth-order valence-electron chi connectivity index (χ4n) is 2.72. The molecule has 2 aliphatic rings. The molecule has 0 aromatic rings. The van der Waals surface area contributed by atoms with Gasteiger partial charge in [0.15, 0.2) is 0 Å². The fourth-order valence-corrected chi connectivity index (χ4v) is 2.72. The lowest BCUT2D eigenvalue weighted by Crippen LogP contribution is -2.20. The minimum atomic E-state index is 0.0283. The zero-order valence-corrected chi connectivity index (χ0v) is 10.0. The van der Waals surface area contributed by atoms with E-state index < -0.39 is 0 Å². The van der Waals surface area contributed by atoms with Crippen LogP contribution < -0.4 is 5.32 Å². The van der Waals surface area contributed by atoms with Crippen molar-refractivity contribution in [3.05, 3.63) is 0 Å². The van der Waals surface area contributed by atoms with E-state index in [9.17, 15) is 4.79 Å². The second-order valence-electron chi connectivity index (χ2n) is 5.17. The number of hydrogen-bond acceptors (Lipinski definition) is 3. The summed E-state index contributed by atoms with van der Waals surface area (Å²) in [5.41, 5.74) is 0. The first-order valence-corrected chi connectivity index (χ1v) is 6.75. The third-order valence-corrected chi connectivity index (χ3v) is 3.72. The molecule has 0 aromatic heterocycles. The van der Waals surface area contributed by atoms with Crippen LogP contribution in [-0.2, 0) is 9.53 Å². The molecule has 0 aromatic carbocycles. The number of nitrogens with one attached hydrogen (secondary N) is 1. The predicted octanol–water partition coefficient (Wildman–Crippen LogP) is 2.25. The Balaban J connectivity index is 1.68. The number of carbonyl (C=O) groups is 1. The van der Waals surface area contributed by atoms with Gasteiger partial charge in [0.1, 0.15) is 6.10 Å². The summed E-state index contributed by atoms with van der Waals surface area (Å²) in [4.78, 5) is 11.7. The monoisotopic (exact) mass is 225 g/mol. The Morgan fingerprint density at radius 1 is 1.12 bits per heavy atom. The van der Waals surface area contributed by atoms with Crippen molar-refractivity contribution in [2.45, 2.75) is 57.5 Å². The fraction of sp³-hybridized carbons (Fsp3) is 0.923. The molecular weight excluding hydrogens is 202 g/mol. The molecule has 92 valence electrons. The molecule has 0 bridgehead atoms. The Morgan fingerprint density at radius 2 is 1.88 bits per heavy atom. The molecule has 16 heavy (non-hydrogen) atoms. The highest BCUT2D eigenvalue weighted by molar-refractivity contribution is 5.70. The van der Waals surface area contributed by atoms with Gasteiger partial charge < -0.3 is 10.1 Å². The smallest absolute Gasteiger partial charge is 0.306 e. The summed E-state index contributed by atoms with van der Waals surface area (Å²) < 4.78 is 5.57. The molecule has 1 unspecified atom stereocenters. The second-order valence-corrected chi connectivity index (χ2v) is 5.17. The van der Waals surface area contributed by atoms with E-state index in [1.54, 1.807) is 0 Å². The highest BCUT2D eigenvalue weighted by Gasteiger charge is 2.21. The molecule has 0 amide bonds. The molecule has 1 aliphatic carbocycles. The standard InChI is InChI=1S/C13H23NO2/c15-13(9-11-7-8-14-10-11)16-12-5-3-1-2-4-6-12/h11-12,14H,1-10H2. The summed E-state index contributed by atoms with van der Waals surface area (Å²) in [5, 5.41) is 3.28. The Labute approximate surface area is 97.9 Å². The first-order chi connectivity index (χ1) is 7.84. The summed E-state index contributed by atoms with van der Waals surface area (Å²) in [7, 11) is 0. The lowest BCUT2D eigenvalue weighted by atomic mass is 10.1. The Hall–Kier alpha value is -0.570. The molecular formula is C13H23NO2. The van der Waals surface area contributed by atoms with E-state index in [2.05, 4.69) is 5.32 Å². The van der Waals surface area contributed by atoms with Gasteiger partial charge in [-0.2, -0.15) is 0 Å². The molecule has 1 aliphatic heterocycles. The van der Waals surface area contributed by atoms with Gasteiger partial charge >= 0.3 is 5.97 Å². The van der Waals surface area contributed by atoms with Gasteiger partial charge in [-0.15, -0.1) is 0 Å². The van der Waals surface area contributed by atoms with Crippen molar-refractivity contribution in [1.29, 1.82) is 0 Å². The van der Waals surface area contributed by atoms with E-state index in [0.717, 1.165) is 32.4 Å². The lowest BCUT2D eigenvalue weighted by Gasteiger charge is -2.16. The van der Waals surface area contributed by atoms with Crippen LogP contribution >= 0.6 is 0 Å². The van der Waals surface area contributed by atoms with E-state index in [-0.39, 0.29) is 12.1 Å². The quantitative estimate of drug-likeness (QED) is 0.591. The normalized spacial score (nSPS) is 27.6. The SMILES string of the molecule is O=C(CC1CCNC1)OC1CCCCCC1. The van der Waals surface area contributed by atoms with E-state index in [1.165, 1.54) is 25.7 Å². The summed E-state index contributed by atoms with van der Waals surface area (Å²) in [5.74, 6) is 0.541. The van der Waals surface area contributed by atoms with E-state index in [0.29, 0.717) is 12.3 Å². The maximum atomic E-state index is 11.7. The third kappa shape index (κ3) is 3.78. The van der Waals surface area contributed by atoms with Crippen LogP contribution in [0.2, 0.25) is 0 Å². The van der Waals surface area contributed by atoms with Crippen LogP contribution in [0.5, 0.6) is 0 Å². The van der Waals surface area contributed by atoms with Crippen molar-refractivity contribution in [2.24, 2.45) is 5.92 Å². The largest absolute Gasteiger partial charge is 0.462 e. The average Bonchev–Trinajstić information content (AvgIpc) is 2.62. The van der Waals surface area contributed by atoms with Crippen LogP contribution in [0, 0.1) is 5.92 Å². The summed E-state index contributed by atoms with van der Waals surface area (Å²) >= 11 is 0. The Kier molecular flexibility index (Phi) is 4.64. The van der Waals surface area contributed by atoms with Crippen molar-refractivity contribution in [3.8, 4) is 0 Å². The molecule has 1 heterocycles. The number of hydrogen-bond donors (Lipinski definition) is 1. The van der Waals surface area contributed by atoms with Gasteiger partial charge in [-0.1, -0.05) is 12.8 Å². The highest BCUT2D eigenvalue weighted by atomic mass is 16.5. The van der Waals surface area contributed by atoms with Gasteiger partial charge in [-0.25, -0.2) is 0 Å². The van der Waals surface area contributed by atoms with Crippen molar-refractivity contribution < 1.29 is 9.53 Å². The molecule has 0 radical (unpaired) electrons. The van der Waals surface area contributed by atoms with Gasteiger partial charge in [0.2, 0.25) is 0 Å². The minimum Gasteiger partial charge on any atom is -0.462 e. The van der Waals surface area contributed by atoms with Crippen molar-refractivity contribution in [1.82, 2.24) is 5.32 Å². The van der Waals surface area contributed by atoms with Crippen LogP contribution in [0.4, 0.5) is 0 Å². The molecule has 2 rings (SSSR count). The Bertz CT molecular complexity index is 216. The van der Waals surface area contributed by atoms with Crippen LogP contribution in [0.3, 0.4) is 0 Å². The molecule has 0 spiro atoms. The second kappa shape index (κ2) is 6.24. The Morgan fingerprint density at radius 3 is 2.50 bits per heavy atom. The highest BCUT2D eigenvalue weighted by Crippen LogP contribution is 2.21. The number of carbonyl (C=O) groups excluding carboxylic acids is 1. The molecule has 2 fully saturated rings. The van der Waals surface area contributed by atoms with Crippen molar-refractivity contribution in [2.75, 3.05) is 13.1 Å². The van der Waals surface area contributed by atoms with Gasteiger partial charge in [0.05, 0.1) is 0 Å². The van der Waals surface area contributed by atoms with Crippen LogP contribution in [0.1, 0.15) is 51.4 Å². The predicted molar refractivity (Wildman–Crippen MR) is 63.2 cm³/mol. The zero-order valence-electron chi connectivity index (χ0n) is 10.0. The number of ether oxygens (including phenoxy) is 1. The summed E-state index contributed by atoms with van der Waals surface area (Å²) in [6.07, 6.45) is 9.17. The topological polar surface area (TPSA) is 38.3 Å². The van der Waals surface area contributed by atoms with E-state index in [1.807, 2.05) is 0 Å². The number of esters is 1. The lowest BCUT2D eigenvalue weighted by molar-refractivity contribution is -0.150. The summed E-state index contributed by atoms with van der Waals surface area (Å²) in [6, 6.07) is 0. The molecule has 1 atom stereocenters. The van der Waals surface area contributed by atoms with Gasteiger partial charge in [-0.3, -0.25) is 4.79 Å². The molecule has 3 nitrogen and oxygen atoms in total. The first kappa shape index (κ1) is 11.9. The average molecular weight is 225 g/mol. The van der Waals surface area contributed by atoms with Gasteiger partial charge in [0, 0.05) is 6.42 Å². The van der Waals surface area contributed by atoms with E-state index in [4.69, 9.17) is 4.74 Å². The molecule has 1 saturated heterocycles. The maximum Gasteiger partial charge on any atom is 0.306 e. The van der Waals surface area contributed by atoms with Crippen molar-refractivity contribution >= 4 is 5.97 Å². The van der Waals surface area contributed by atoms with E-state index >= 15 is 0 Å². The first-order valence-electron chi connectivity index (χ1n) is 6.75. The maximum absolute atomic E-state index is 11.7. The molecule has 3 heteroatoms. The molecule has 1 N–H and O–H groups in total. The van der Waals surface area contributed by atoms with Gasteiger partial charge in [-0.05, 0) is 51.1 Å². The minimum absolute atomic E-state index is 0.0283. The number of rotatable bonds is 3. The third-order valence-electron chi connectivity index (χ3n) is 3.72. The zero-order chi connectivity index (χ0) is 11.2. The summed E-state index contributed by atoms with van der Waals surface area (Å²) in [6.45, 7) is 2.04. The molecule has 1 saturated carbocycles.